The third-order valence-corrected chi connectivity index (χ3v) is 7.78. The summed E-state index contributed by atoms with van der Waals surface area (Å²) >= 11 is 5.88. The Morgan fingerprint density at radius 2 is 1.82 bits per heavy atom. The van der Waals surface area contributed by atoms with Gasteiger partial charge in [0.2, 0.25) is 5.95 Å². The summed E-state index contributed by atoms with van der Waals surface area (Å²) in [5, 5.41) is 14.0. The predicted molar refractivity (Wildman–Crippen MR) is 152 cm³/mol. The number of aromatic amines is 1. The summed E-state index contributed by atoms with van der Waals surface area (Å²) in [6.45, 7) is 4.78. The van der Waals surface area contributed by atoms with E-state index in [9.17, 15) is 9.18 Å². The van der Waals surface area contributed by atoms with Crippen LogP contribution in [0.1, 0.15) is 41.7 Å². The molecule has 208 valence electrons. The molecular weight excluding hydrogens is 521 g/mol. The lowest BCUT2D eigenvalue weighted by Crippen LogP contribution is -2.43. The van der Waals surface area contributed by atoms with Crippen molar-refractivity contribution in [1.29, 1.82) is 0 Å². The van der Waals surface area contributed by atoms with Crippen LogP contribution in [-0.4, -0.2) is 88.2 Å². The van der Waals surface area contributed by atoms with Crippen molar-refractivity contribution >= 4 is 40.9 Å². The highest BCUT2D eigenvalue weighted by Crippen LogP contribution is 2.27. The van der Waals surface area contributed by atoms with Crippen LogP contribution in [-0.2, 0) is 0 Å². The van der Waals surface area contributed by atoms with Gasteiger partial charge in [-0.1, -0.05) is 17.7 Å². The summed E-state index contributed by atoms with van der Waals surface area (Å²) in [5.74, 6) is 1.73. The van der Waals surface area contributed by atoms with Gasteiger partial charge in [-0.05, 0) is 58.8 Å². The van der Waals surface area contributed by atoms with Crippen molar-refractivity contribution in [2.45, 2.75) is 44.7 Å². The molecule has 4 heterocycles. The van der Waals surface area contributed by atoms with Crippen LogP contribution in [0.3, 0.4) is 0 Å². The number of halogens is 2. The average molecular weight is 556 g/mol. The Balaban J connectivity index is 1.28. The maximum absolute atomic E-state index is 14.4. The van der Waals surface area contributed by atoms with Crippen molar-refractivity contribution in [3.05, 3.63) is 52.4 Å². The number of aromatic nitrogens is 4. The number of likely N-dealkylation sites (tertiary alicyclic amines) is 1. The summed E-state index contributed by atoms with van der Waals surface area (Å²) < 4.78 is 14.4. The molecule has 0 unspecified atom stereocenters. The van der Waals surface area contributed by atoms with Crippen molar-refractivity contribution in [1.82, 2.24) is 30.0 Å². The van der Waals surface area contributed by atoms with Gasteiger partial charge in [-0.25, -0.2) is 4.39 Å². The monoisotopic (exact) mass is 555 g/mol. The summed E-state index contributed by atoms with van der Waals surface area (Å²) in [4.78, 5) is 28.8. The highest BCUT2D eigenvalue weighted by atomic mass is 35.5. The van der Waals surface area contributed by atoms with Gasteiger partial charge in [0.1, 0.15) is 11.6 Å². The van der Waals surface area contributed by atoms with Crippen LogP contribution >= 0.6 is 11.6 Å². The molecule has 0 atom stereocenters. The zero-order valence-electron chi connectivity index (χ0n) is 22.5. The second-order valence-corrected chi connectivity index (χ2v) is 10.9. The predicted octanol–water partition coefficient (Wildman–Crippen LogP) is 4.29. The quantitative estimate of drug-likeness (QED) is 0.396. The van der Waals surface area contributed by atoms with Crippen LogP contribution in [0.25, 0.3) is 0 Å². The number of H-pyrrole nitrogens is 1. The van der Waals surface area contributed by atoms with E-state index < -0.39 is 5.82 Å². The van der Waals surface area contributed by atoms with Crippen LogP contribution < -0.4 is 15.5 Å². The van der Waals surface area contributed by atoms with Crippen LogP contribution in [0.15, 0.2) is 30.3 Å². The zero-order chi connectivity index (χ0) is 27.5. The normalized spacial score (nSPS) is 17.1. The third-order valence-electron chi connectivity index (χ3n) is 7.49. The fraction of sp³-hybridized carbons (Fsp3) is 0.481. The summed E-state index contributed by atoms with van der Waals surface area (Å²) in [6.07, 6.45) is 3.52. The molecule has 0 radical (unpaired) electrons. The number of amides is 1. The molecular formula is C27H35ClFN9O. The Bertz CT molecular complexity index is 1300. The number of rotatable bonds is 7. The molecule has 2 aliphatic rings. The van der Waals surface area contributed by atoms with Crippen LogP contribution in [0, 0.1) is 12.7 Å². The van der Waals surface area contributed by atoms with E-state index in [2.05, 4.69) is 44.7 Å². The van der Waals surface area contributed by atoms with E-state index >= 15 is 0 Å². The van der Waals surface area contributed by atoms with Gasteiger partial charge in [-0.15, -0.1) is 0 Å². The zero-order valence-corrected chi connectivity index (χ0v) is 23.3. The van der Waals surface area contributed by atoms with E-state index in [4.69, 9.17) is 21.6 Å². The molecule has 2 aromatic heterocycles. The Morgan fingerprint density at radius 1 is 1.08 bits per heavy atom. The molecule has 2 aliphatic heterocycles. The Morgan fingerprint density at radius 3 is 2.49 bits per heavy atom. The summed E-state index contributed by atoms with van der Waals surface area (Å²) in [5.41, 5.74) is 0.960. The molecule has 12 heteroatoms. The van der Waals surface area contributed by atoms with Gasteiger partial charge < -0.3 is 25.3 Å². The van der Waals surface area contributed by atoms with Crippen molar-refractivity contribution in [2.24, 2.45) is 0 Å². The largest absolute Gasteiger partial charge is 0.356 e. The number of aryl methyl sites for hydroxylation is 1. The van der Waals surface area contributed by atoms with Crippen molar-refractivity contribution < 1.29 is 9.18 Å². The van der Waals surface area contributed by atoms with Crippen LogP contribution in [0.5, 0.6) is 0 Å². The Kier molecular flexibility index (Phi) is 8.18. The van der Waals surface area contributed by atoms with Crippen molar-refractivity contribution in [3.63, 3.8) is 0 Å². The van der Waals surface area contributed by atoms with Gasteiger partial charge in [0.25, 0.3) is 5.91 Å². The lowest BCUT2D eigenvalue weighted by Gasteiger charge is -2.36. The number of carbonyl (C=O) groups is 1. The number of anilines is 4. The highest BCUT2D eigenvalue weighted by Gasteiger charge is 2.27. The second-order valence-electron chi connectivity index (χ2n) is 10.5. The molecule has 10 nitrogen and oxygen atoms in total. The highest BCUT2D eigenvalue weighted by molar-refractivity contribution is 6.31. The number of hydrogen-bond donors (Lipinski definition) is 3. The van der Waals surface area contributed by atoms with E-state index in [1.807, 2.05) is 19.1 Å². The van der Waals surface area contributed by atoms with Gasteiger partial charge in [0, 0.05) is 56.1 Å². The Labute approximate surface area is 232 Å². The SMILES string of the molecule is Cc1cc(Nc2cc(N3CCC(N(C)C)CC3)nc(NC3CCN(C(=O)c4cccc(Cl)c4F)CC3)n2)n[nH]1. The number of piperidine rings is 2. The summed E-state index contributed by atoms with van der Waals surface area (Å²) in [7, 11) is 4.26. The third kappa shape index (κ3) is 6.42. The molecule has 2 saturated heterocycles. The lowest BCUT2D eigenvalue weighted by atomic mass is 10.0. The first-order valence-electron chi connectivity index (χ1n) is 13.4. The van der Waals surface area contributed by atoms with E-state index in [0.717, 1.165) is 37.4 Å². The first-order valence-corrected chi connectivity index (χ1v) is 13.7. The fourth-order valence-electron chi connectivity index (χ4n) is 5.20. The molecule has 2 fully saturated rings. The summed E-state index contributed by atoms with van der Waals surface area (Å²) in [6, 6.07) is 9.05. The molecule has 0 aliphatic carbocycles. The molecule has 39 heavy (non-hydrogen) atoms. The van der Waals surface area contributed by atoms with E-state index in [-0.39, 0.29) is 22.5 Å². The van der Waals surface area contributed by atoms with E-state index in [1.54, 1.807) is 11.0 Å². The number of hydrogen-bond acceptors (Lipinski definition) is 8. The standard InChI is InChI=1S/C27H35ClFN9O/c1-17-15-23(35-34-17)31-22-16-24(37-13-9-19(10-14-37)36(2)3)33-27(32-22)30-18-7-11-38(12-8-18)26(39)20-5-4-6-21(28)25(20)29/h4-6,15-16,18-19H,7-14H2,1-3H3,(H3,30,31,32,33,34,35). The van der Waals surface area contributed by atoms with Crippen LogP contribution in [0.2, 0.25) is 5.02 Å². The number of benzene rings is 1. The first kappa shape index (κ1) is 27.1. The van der Waals surface area contributed by atoms with E-state index in [1.165, 1.54) is 12.1 Å². The van der Waals surface area contributed by atoms with Crippen molar-refractivity contribution in [3.8, 4) is 0 Å². The van der Waals surface area contributed by atoms with E-state index in [0.29, 0.717) is 49.6 Å². The van der Waals surface area contributed by atoms with Gasteiger partial charge in [-0.3, -0.25) is 9.89 Å². The van der Waals surface area contributed by atoms with Gasteiger partial charge in [0.05, 0.1) is 10.6 Å². The molecule has 0 spiro atoms. The molecule has 1 aromatic carbocycles. The minimum Gasteiger partial charge on any atom is -0.356 e. The average Bonchev–Trinajstić information content (AvgIpc) is 3.34. The maximum atomic E-state index is 14.4. The molecule has 1 amide bonds. The molecule has 0 saturated carbocycles. The van der Waals surface area contributed by atoms with Gasteiger partial charge >= 0.3 is 0 Å². The van der Waals surface area contributed by atoms with Crippen molar-refractivity contribution in [2.75, 3.05) is 55.8 Å². The van der Waals surface area contributed by atoms with Crippen LogP contribution in [0.4, 0.5) is 27.8 Å². The fourth-order valence-corrected chi connectivity index (χ4v) is 5.37. The lowest BCUT2D eigenvalue weighted by molar-refractivity contribution is 0.0713. The number of nitrogens with zero attached hydrogens (tertiary/aromatic N) is 6. The smallest absolute Gasteiger partial charge is 0.256 e. The maximum Gasteiger partial charge on any atom is 0.256 e. The minimum absolute atomic E-state index is 0.00676. The van der Waals surface area contributed by atoms with Gasteiger partial charge in [0.15, 0.2) is 11.6 Å². The number of nitrogens with one attached hydrogen (secondary N) is 3. The Hall–Kier alpha value is -3.44. The first-order chi connectivity index (χ1) is 18.8. The number of carbonyl (C=O) groups excluding carboxylic acids is 1. The molecule has 0 bridgehead atoms. The van der Waals surface area contributed by atoms with Gasteiger partial charge in [-0.2, -0.15) is 15.1 Å². The molecule has 5 rings (SSSR count). The minimum atomic E-state index is -0.670. The topological polar surface area (TPSA) is 105 Å². The molecule has 3 N–H and O–H groups in total. The molecule has 3 aromatic rings. The second kappa shape index (κ2) is 11.7.